The molecule has 0 aromatic heterocycles. The largest absolute Gasteiger partial charge is 0.508 e. The van der Waals surface area contributed by atoms with Gasteiger partial charge in [-0.1, -0.05) is 6.07 Å². The van der Waals surface area contributed by atoms with E-state index in [1.54, 1.807) is 6.07 Å². The third-order valence-corrected chi connectivity index (χ3v) is 1.53. The molecule has 0 heterocycles. The third-order valence-electron chi connectivity index (χ3n) is 1.53. The average Bonchev–Trinajstić information content (AvgIpc) is 2.04. The van der Waals surface area contributed by atoms with Crippen molar-refractivity contribution >= 4 is 12.9 Å². The molecule has 1 aromatic rings. The summed E-state index contributed by atoms with van der Waals surface area (Å²) in [6, 6.07) is 4.50. The number of benzene rings is 1. The number of aliphatic hydroxyl groups excluding tert-OH is 1. The van der Waals surface area contributed by atoms with E-state index in [9.17, 15) is 0 Å². The zero-order valence-electron chi connectivity index (χ0n) is 5.99. The van der Waals surface area contributed by atoms with Crippen LogP contribution in [0.1, 0.15) is 5.56 Å². The lowest BCUT2D eigenvalue weighted by Crippen LogP contribution is -2.18. The van der Waals surface area contributed by atoms with Crippen LogP contribution in [0.5, 0.6) is 5.75 Å². The maximum Gasteiger partial charge on any atom is 0.305 e. The van der Waals surface area contributed by atoms with Crippen LogP contribution in [0.25, 0.3) is 0 Å². The van der Waals surface area contributed by atoms with Gasteiger partial charge in [0, 0.05) is 0 Å². The number of aliphatic hydroxyl groups is 1. The van der Waals surface area contributed by atoms with E-state index in [4.69, 9.17) is 15.2 Å². The van der Waals surface area contributed by atoms with Gasteiger partial charge in [0.15, 0.2) is 0 Å². The maximum atomic E-state index is 8.97. The fourth-order valence-electron chi connectivity index (χ4n) is 0.914. The normalized spacial score (nSPS) is 9.64. The first-order valence-electron chi connectivity index (χ1n) is 3.30. The monoisotopic (exact) mass is 152 g/mol. The van der Waals surface area contributed by atoms with Gasteiger partial charge in [0.05, 0.1) is 6.61 Å². The number of hydrogen-bond donors (Lipinski definition) is 3. The van der Waals surface area contributed by atoms with Crippen LogP contribution in [0.4, 0.5) is 0 Å². The number of aromatic hydroxyl groups is 1. The van der Waals surface area contributed by atoms with Crippen LogP contribution < -0.4 is 5.46 Å². The van der Waals surface area contributed by atoms with Crippen LogP contribution in [-0.2, 0) is 6.61 Å². The van der Waals surface area contributed by atoms with Crippen molar-refractivity contribution < 1.29 is 15.2 Å². The van der Waals surface area contributed by atoms with E-state index >= 15 is 0 Å². The molecule has 0 aliphatic rings. The Morgan fingerprint density at radius 3 is 2.64 bits per heavy atom. The lowest BCUT2D eigenvalue weighted by atomic mass is 9.84. The highest BCUT2D eigenvalue weighted by atomic mass is 16.3. The molecule has 0 aliphatic heterocycles. The molecule has 0 aliphatic carbocycles. The Bertz CT molecular complexity index is 249. The van der Waals surface area contributed by atoms with Gasteiger partial charge in [-0.25, -0.2) is 0 Å². The predicted octanol–water partition coefficient (Wildman–Crippen LogP) is -1.15. The van der Waals surface area contributed by atoms with Crippen LogP contribution in [0.3, 0.4) is 0 Å². The van der Waals surface area contributed by atoms with E-state index in [0.717, 1.165) is 0 Å². The van der Waals surface area contributed by atoms with Gasteiger partial charge in [0.2, 0.25) is 0 Å². The van der Waals surface area contributed by atoms with Crippen molar-refractivity contribution in [2.24, 2.45) is 0 Å². The molecule has 3 N–H and O–H groups in total. The van der Waals surface area contributed by atoms with Crippen LogP contribution >= 0.6 is 0 Å². The van der Waals surface area contributed by atoms with Gasteiger partial charge in [0.1, 0.15) is 5.75 Å². The molecule has 58 valence electrons. The first kappa shape index (κ1) is 8.10. The Morgan fingerprint density at radius 1 is 1.36 bits per heavy atom. The van der Waals surface area contributed by atoms with E-state index in [-0.39, 0.29) is 19.8 Å². The van der Waals surface area contributed by atoms with Crippen LogP contribution in [-0.4, -0.2) is 22.7 Å². The minimum absolute atomic E-state index is 0.103. The fourth-order valence-corrected chi connectivity index (χ4v) is 0.914. The van der Waals surface area contributed by atoms with Crippen molar-refractivity contribution in [1.82, 2.24) is 0 Å². The second-order valence-corrected chi connectivity index (χ2v) is 2.27. The summed E-state index contributed by atoms with van der Waals surface area (Å²) in [7, 11) is -0.115. The summed E-state index contributed by atoms with van der Waals surface area (Å²) in [6.45, 7) is -0.162. The summed E-state index contributed by atoms with van der Waals surface area (Å²) < 4.78 is 0. The minimum Gasteiger partial charge on any atom is -0.508 e. The first-order chi connectivity index (χ1) is 5.27. The smallest absolute Gasteiger partial charge is 0.305 e. The molecule has 4 heteroatoms. The molecular formula is C7H9BO3. The van der Waals surface area contributed by atoms with Crippen LogP contribution in [0.2, 0.25) is 0 Å². The summed E-state index contributed by atoms with van der Waals surface area (Å²) in [5.74, 6) is 0.103. The number of phenols is 1. The quantitative estimate of drug-likeness (QED) is 0.469. The second-order valence-electron chi connectivity index (χ2n) is 2.27. The van der Waals surface area contributed by atoms with Crippen LogP contribution in [0, 0.1) is 0 Å². The van der Waals surface area contributed by atoms with Gasteiger partial charge in [-0.2, -0.15) is 0 Å². The Balaban J connectivity index is 3.06. The number of rotatable bonds is 2. The highest BCUT2D eigenvalue weighted by Gasteiger charge is 2.01. The molecule has 1 rings (SSSR count). The van der Waals surface area contributed by atoms with Crippen molar-refractivity contribution in [3.05, 3.63) is 23.8 Å². The molecule has 0 saturated heterocycles. The number of phenolic OH excluding ortho intramolecular Hbond substituents is 1. The van der Waals surface area contributed by atoms with E-state index in [1.807, 2.05) is 0 Å². The molecule has 0 atom stereocenters. The summed E-state index contributed by atoms with van der Waals surface area (Å²) in [4.78, 5) is 0. The molecule has 3 nitrogen and oxygen atoms in total. The predicted molar refractivity (Wildman–Crippen MR) is 43.0 cm³/mol. The van der Waals surface area contributed by atoms with Gasteiger partial charge in [-0.3, -0.25) is 0 Å². The fraction of sp³-hybridized carbons (Fsp3) is 0.143. The molecule has 0 unspecified atom stereocenters. The van der Waals surface area contributed by atoms with E-state index in [2.05, 4.69) is 0 Å². The molecular weight excluding hydrogens is 143 g/mol. The molecule has 11 heavy (non-hydrogen) atoms. The third kappa shape index (κ3) is 1.72. The van der Waals surface area contributed by atoms with Gasteiger partial charge in [-0.05, 0) is 23.2 Å². The Labute approximate surface area is 65.2 Å². The van der Waals surface area contributed by atoms with Gasteiger partial charge >= 0.3 is 7.48 Å². The van der Waals surface area contributed by atoms with Gasteiger partial charge in [-0.15, -0.1) is 0 Å². The second kappa shape index (κ2) is 3.41. The standard InChI is InChI=1S/C7H9BO3/c9-4-5-3-6(10)1-2-7(5)8-11/h1-3,8-11H,4H2. The lowest BCUT2D eigenvalue weighted by Gasteiger charge is -2.02. The summed E-state index contributed by atoms with van der Waals surface area (Å²) in [5, 5.41) is 26.5. The van der Waals surface area contributed by atoms with E-state index in [0.29, 0.717) is 11.0 Å². The molecule has 1 aromatic carbocycles. The summed E-state index contributed by atoms with van der Waals surface area (Å²) >= 11 is 0. The molecule has 0 saturated carbocycles. The van der Waals surface area contributed by atoms with Crippen molar-refractivity contribution in [3.8, 4) is 5.75 Å². The Hall–Kier alpha value is -0.995. The van der Waals surface area contributed by atoms with Crippen molar-refractivity contribution in [2.75, 3.05) is 0 Å². The first-order valence-corrected chi connectivity index (χ1v) is 3.30. The number of hydrogen-bond acceptors (Lipinski definition) is 3. The van der Waals surface area contributed by atoms with Gasteiger partial charge < -0.3 is 15.2 Å². The Morgan fingerprint density at radius 2 is 2.09 bits per heavy atom. The zero-order chi connectivity index (χ0) is 8.27. The van der Waals surface area contributed by atoms with E-state index < -0.39 is 0 Å². The topological polar surface area (TPSA) is 60.7 Å². The minimum atomic E-state index is -0.162. The highest BCUT2D eigenvalue weighted by molar-refractivity contribution is 6.46. The molecule has 0 bridgehead atoms. The summed E-state index contributed by atoms with van der Waals surface area (Å²) in [6.07, 6.45) is 0. The molecule has 0 spiro atoms. The van der Waals surface area contributed by atoms with Crippen molar-refractivity contribution in [2.45, 2.75) is 6.61 Å². The SMILES string of the molecule is OBc1ccc(O)cc1CO. The Kier molecular flexibility index (Phi) is 2.51. The molecule has 0 amide bonds. The van der Waals surface area contributed by atoms with Gasteiger partial charge in [0.25, 0.3) is 0 Å². The van der Waals surface area contributed by atoms with E-state index in [1.165, 1.54) is 12.1 Å². The van der Waals surface area contributed by atoms with Crippen LogP contribution in [0.15, 0.2) is 18.2 Å². The summed E-state index contributed by atoms with van der Waals surface area (Å²) in [5.41, 5.74) is 1.21. The molecule has 0 radical (unpaired) electrons. The zero-order valence-corrected chi connectivity index (χ0v) is 5.99. The molecule has 0 fully saturated rings. The maximum absolute atomic E-state index is 8.97. The van der Waals surface area contributed by atoms with Crippen molar-refractivity contribution in [1.29, 1.82) is 0 Å². The average molecular weight is 152 g/mol. The highest BCUT2D eigenvalue weighted by Crippen LogP contribution is 2.08. The lowest BCUT2D eigenvalue weighted by molar-refractivity contribution is 0.282. The van der Waals surface area contributed by atoms with Crippen molar-refractivity contribution in [3.63, 3.8) is 0 Å².